The van der Waals surface area contributed by atoms with E-state index in [0.29, 0.717) is 6.54 Å². The lowest BCUT2D eigenvalue weighted by Crippen LogP contribution is -2.38. The van der Waals surface area contributed by atoms with E-state index >= 15 is 0 Å². The number of rotatable bonds is 3. The highest BCUT2D eigenvalue weighted by molar-refractivity contribution is 6.34. The molecule has 0 aromatic heterocycles. The van der Waals surface area contributed by atoms with Gasteiger partial charge < -0.3 is 10.6 Å². The van der Waals surface area contributed by atoms with Crippen LogP contribution >= 0.6 is 0 Å². The number of hydrogen-bond donors (Lipinski definition) is 2. The average molecular weight is 198 g/mol. The van der Waals surface area contributed by atoms with Crippen LogP contribution in [0.5, 0.6) is 0 Å². The molecule has 4 heteroatoms. The minimum absolute atomic E-state index is 0.523. The maximum absolute atomic E-state index is 11.0. The summed E-state index contributed by atoms with van der Waals surface area (Å²) in [6.45, 7) is 0.622. The van der Waals surface area contributed by atoms with Gasteiger partial charge >= 0.3 is 11.8 Å². The highest BCUT2D eigenvalue weighted by atomic mass is 16.2. The quantitative estimate of drug-likeness (QED) is 0.646. The molecule has 80 valence electrons. The number of likely N-dealkylation sites (N-methyl/N-ethyl adjacent to an activating group) is 1. The van der Waals surface area contributed by atoms with E-state index in [-0.39, 0.29) is 0 Å². The second-order valence-electron chi connectivity index (χ2n) is 3.77. The van der Waals surface area contributed by atoms with Crippen LogP contribution < -0.4 is 10.6 Å². The van der Waals surface area contributed by atoms with Crippen molar-refractivity contribution >= 4 is 11.8 Å². The third-order valence-electron chi connectivity index (χ3n) is 2.75. The minimum atomic E-state index is -0.559. The van der Waals surface area contributed by atoms with Crippen LogP contribution in [0.1, 0.15) is 32.1 Å². The van der Waals surface area contributed by atoms with Crippen LogP contribution in [0.3, 0.4) is 0 Å². The fourth-order valence-corrected chi connectivity index (χ4v) is 1.88. The summed E-state index contributed by atoms with van der Waals surface area (Å²) < 4.78 is 0. The molecule has 14 heavy (non-hydrogen) atoms. The SMILES string of the molecule is CNC(=O)C(=O)NCCC1CCCC1. The summed E-state index contributed by atoms with van der Waals surface area (Å²) in [7, 11) is 1.46. The first-order valence-electron chi connectivity index (χ1n) is 5.24. The van der Waals surface area contributed by atoms with Gasteiger partial charge in [0, 0.05) is 13.6 Å². The Morgan fingerprint density at radius 3 is 2.43 bits per heavy atom. The standard InChI is InChI=1S/C10H18N2O2/c1-11-9(13)10(14)12-7-6-8-4-2-3-5-8/h8H,2-7H2,1H3,(H,11,13)(H,12,14). The van der Waals surface area contributed by atoms with Crippen molar-refractivity contribution in [3.8, 4) is 0 Å². The lowest BCUT2D eigenvalue weighted by atomic mass is 10.0. The van der Waals surface area contributed by atoms with Gasteiger partial charge in [-0.2, -0.15) is 0 Å². The second-order valence-corrected chi connectivity index (χ2v) is 3.77. The first kappa shape index (κ1) is 11.0. The van der Waals surface area contributed by atoms with Crippen molar-refractivity contribution in [3.63, 3.8) is 0 Å². The highest BCUT2D eigenvalue weighted by Gasteiger charge is 2.15. The summed E-state index contributed by atoms with van der Waals surface area (Å²) in [6.07, 6.45) is 6.18. The fourth-order valence-electron chi connectivity index (χ4n) is 1.88. The number of carbonyl (C=O) groups is 2. The summed E-state index contributed by atoms with van der Waals surface area (Å²) in [6, 6.07) is 0. The van der Waals surface area contributed by atoms with Gasteiger partial charge in [-0.25, -0.2) is 0 Å². The molecule has 0 spiro atoms. The van der Waals surface area contributed by atoms with Crippen LogP contribution in [0.15, 0.2) is 0 Å². The van der Waals surface area contributed by atoms with Gasteiger partial charge in [-0.3, -0.25) is 9.59 Å². The molecule has 0 heterocycles. The molecule has 1 aliphatic carbocycles. The number of hydrogen-bond acceptors (Lipinski definition) is 2. The average Bonchev–Trinajstić information content (AvgIpc) is 2.69. The van der Waals surface area contributed by atoms with Gasteiger partial charge in [0.25, 0.3) is 0 Å². The van der Waals surface area contributed by atoms with Crippen LogP contribution in [0.4, 0.5) is 0 Å². The third kappa shape index (κ3) is 3.36. The molecule has 1 aliphatic rings. The van der Waals surface area contributed by atoms with E-state index in [2.05, 4.69) is 10.6 Å². The minimum Gasteiger partial charge on any atom is -0.351 e. The molecule has 1 rings (SSSR count). The molecule has 0 aliphatic heterocycles. The van der Waals surface area contributed by atoms with Gasteiger partial charge in [0.05, 0.1) is 0 Å². The van der Waals surface area contributed by atoms with Crippen LogP contribution in [0.25, 0.3) is 0 Å². The maximum Gasteiger partial charge on any atom is 0.309 e. The summed E-state index contributed by atoms with van der Waals surface area (Å²) in [4.78, 5) is 21.8. The van der Waals surface area contributed by atoms with Gasteiger partial charge in [-0.1, -0.05) is 25.7 Å². The van der Waals surface area contributed by atoms with E-state index in [0.717, 1.165) is 12.3 Å². The molecule has 0 atom stereocenters. The zero-order valence-corrected chi connectivity index (χ0v) is 8.64. The van der Waals surface area contributed by atoms with E-state index in [9.17, 15) is 9.59 Å². The van der Waals surface area contributed by atoms with Crippen LogP contribution in [0, 0.1) is 5.92 Å². The molecule has 0 saturated heterocycles. The molecule has 1 fully saturated rings. The largest absolute Gasteiger partial charge is 0.351 e. The van der Waals surface area contributed by atoms with Crippen molar-refractivity contribution in [3.05, 3.63) is 0 Å². The smallest absolute Gasteiger partial charge is 0.309 e. The molecule has 4 nitrogen and oxygen atoms in total. The Balaban J connectivity index is 2.08. The monoisotopic (exact) mass is 198 g/mol. The van der Waals surface area contributed by atoms with Crippen molar-refractivity contribution in [1.29, 1.82) is 0 Å². The summed E-state index contributed by atoms with van der Waals surface area (Å²) >= 11 is 0. The van der Waals surface area contributed by atoms with E-state index < -0.39 is 11.8 Å². The summed E-state index contributed by atoms with van der Waals surface area (Å²) in [5, 5.41) is 4.90. The first-order chi connectivity index (χ1) is 6.74. The molecule has 2 N–H and O–H groups in total. The number of amides is 2. The Morgan fingerprint density at radius 1 is 1.21 bits per heavy atom. The van der Waals surface area contributed by atoms with E-state index in [1.165, 1.54) is 32.7 Å². The Bertz CT molecular complexity index is 210. The lowest BCUT2D eigenvalue weighted by molar-refractivity contribution is -0.138. The second kappa shape index (κ2) is 5.62. The Kier molecular flexibility index (Phi) is 4.43. The molecule has 0 bridgehead atoms. The molecular formula is C10H18N2O2. The predicted molar refractivity (Wildman–Crippen MR) is 53.7 cm³/mol. The van der Waals surface area contributed by atoms with Gasteiger partial charge in [0.1, 0.15) is 0 Å². The van der Waals surface area contributed by atoms with E-state index in [4.69, 9.17) is 0 Å². The molecule has 2 amide bonds. The summed E-state index contributed by atoms with van der Waals surface area (Å²) in [5.41, 5.74) is 0. The molecule has 0 aromatic rings. The Labute approximate surface area is 84.4 Å². The number of nitrogens with one attached hydrogen (secondary N) is 2. The molecule has 0 radical (unpaired) electrons. The zero-order valence-electron chi connectivity index (χ0n) is 8.64. The van der Waals surface area contributed by atoms with E-state index in [1.807, 2.05) is 0 Å². The lowest BCUT2D eigenvalue weighted by Gasteiger charge is -2.08. The van der Waals surface area contributed by atoms with Gasteiger partial charge in [0.15, 0.2) is 0 Å². The van der Waals surface area contributed by atoms with Gasteiger partial charge in [-0.15, -0.1) is 0 Å². The molecule has 0 unspecified atom stereocenters. The first-order valence-corrected chi connectivity index (χ1v) is 5.24. The van der Waals surface area contributed by atoms with Crippen molar-refractivity contribution in [2.75, 3.05) is 13.6 Å². The van der Waals surface area contributed by atoms with Crippen LogP contribution in [-0.4, -0.2) is 25.4 Å². The maximum atomic E-state index is 11.0. The molecule has 0 aromatic carbocycles. The fraction of sp³-hybridized carbons (Fsp3) is 0.800. The van der Waals surface area contributed by atoms with Crippen molar-refractivity contribution in [2.24, 2.45) is 5.92 Å². The zero-order chi connectivity index (χ0) is 10.4. The predicted octanol–water partition coefficient (Wildman–Crippen LogP) is 0.429. The molecule has 1 saturated carbocycles. The van der Waals surface area contributed by atoms with Crippen molar-refractivity contribution in [1.82, 2.24) is 10.6 Å². The summed E-state index contributed by atoms with van der Waals surface area (Å²) in [5.74, 6) is -0.332. The topological polar surface area (TPSA) is 58.2 Å². The van der Waals surface area contributed by atoms with E-state index in [1.54, 1.807) is 0 Å². The highest BCUT2D eigenvalue weighted by Crippen LogP contribution is 2.26. The van der Waals surface area contributed by atoms with Crippen LogP contribution in [-0.2, 0) is 9.59 Å². The van der Waals surface area contributed by atoms with Crippen molar-refractivity contribution in [2.45, 2.75) is 32.1 Å². The Hall–Kier alpha value is -1.06. The Morgan fingerprint density at radius 2 is 1.86 bits per heavy atom. The number of carbonyl (C=O) groups excluding carboxylic acids is 2. The van der Waals surface area contributed by atoms with Gasteiger partial charge in [0.2, 0.25) is 0 Å². The molecular weight excluding hydrogens is 180 g/mol. The van der Waals surface area contributed by atoms with Gasteiger partial charge in [-0.05, 0) is 12.3 Å². The van der Waals surface area contributed by atoms with Crippen LogP contribution in [0.2, 0.25) is 0 Å². The third-order valence-corrected chi connectivity index (χ3v) is 2.75. The van der Waals surface area contributed by atoms with Crippen molar-refractivity contribution < 1.29 is 9.59 Å². The normalized spacial score (nSPS) is 16.6.